The van der Waals surface area contributed by atoms with Gasteiger partial charge in [-0.1, -0.05) is 52.0 Å². The summed E-state index contributed by atoms with van der Waals surface area (Å²) in [5.74, 6) is -11.4. The molecule has 0 aromatic heterocycles. The summed E-state index contributed by atoms with van der Waals surface area (Å²) in [6, 6.07) is 7.37. The van der Waals surface area contributed by atoms with Crippen LogP contribution >= 0.6 is 0 Å². The molecule has 1 heterocycles. The minimum absolute atomic E-state index is 0.0848. The van der Waals surface area contributed by atoms with E-state index in [1.165, 1.54) is 65.0 Å². The van der Waals surface area contributed by atoms with Gasteiger partial charge in [-0.2, -0.15) is 0 Å². The molecule has 0 unspecified atom stereocenters. The molecule has 3 aliphatic rings. The summed E-state index contributed by atoms with van der Waals surface area (Å²) in [6.45, 7) is 12.2. The summed E-state index contributed by atoms with van der Waals surface area (Å²) in [7, 11) is 0. The Balaban J connectivity index is 2.30. The van der Waals surface area contributed by atoms with Crippen LogP contribution in [0.1, 0.15) is 98.9 Å². The van der Waals surface area contributed by atoms with Gasteiger partial charge >= 0.3 is 41.8 Å². The quantitative estimate of drug-likeness (QED) is 0.218. The number of rotatable bonds is 8. The van der Waals surface area contributed by atoms with Crippen molar-refractivity contribution in [3.05, 3.63) is 48.0 Å². The number of hydrogen-bond acceptors (Lipinski definition) is 17. The van der Waals surface area contributed by atoms with Crippen molar-refractivity contribution in [1.29, 1.82) is 0 Å². The van der Waals surface area contributed by atoms with Crippen molar-refractivity contribution in [1.82, 2.24) is 0 Å². The van der Waals surface area contributed by atoms with Crippen LogP contribution in [0.25, 0.3) is 0 Å². The van der Waals surface area contributed by atoms with Crippen LogP contribution in [0.5, 0.6) is 0 Å². The fourth-order valence-electron chi connectivity index (χ4n) is 8.21. The molecule has 1 aromatic rings. The summed E-state index contributed by atoms with van der Waals surface area (Å²) in [5, 5.41) is 24.9. The van der Waals surface area contributed by atoms with Gasteiger partial charge in [-0.3, -0.25) is 33.6 Å². The maximum atomic E-state index is 14.9. The molecule has 17 heteroatoms. The van der Waals surface area contributed by atoms with E-state index in [0.29, 0.717) is 0 Å². The van der Waals surface area contributed by atoms with Crippen molar-refractivity contribution in [2.75, 3.05) is 0 Å². The number of fused-ring (bicyclic) bond motifs is 3. The summed E-state index contributed by atoms with van der Waals surface area (Å²) in [6.07, 6.45) is -9.78. The SMILES string of the molecule is CC(=O)O[C@H]1[C@@H](OC(C)=O)C(C)(C)/C=C/[C@@](C)(O)C(=O)[C@@]2(O)C[C@@](C)(OC(C)=O)[C@H](OC(C)=O)[C@@H]2[C@H]2OC(=O)CC[C@@]2(OC(=O)c2ccccc2)[C@@H]1OC(=O)C(C)C. The van der Waals surface area contributed by atoms with Gasteiger partial charge in [0.15, 0.2) is 41.9 Å². The third kappa shape index (κ3) is 9.09. The average molecular weight is 817 g/mol. The van der Waals surface area contributed by atoms with Crippen LogP contribution in [-0.4, -0.2) is 111 Å². The third-order valence-electron chi connectivity index (χ3n) is 10.7. The minimum Gasteiger partial charge on any atom is -0.458 e. The zero-order chi connectivity index (χ0) is 43.8. The molecule has 0 radical (unpaired) electrons. The standard InChI is InChI=1S/C41H52O17/c1-21(2)34(47)56-33-29(52-22(3)42)32(54-24(5)44)37(7,8)18-19-38(9,50)36(49)40(51)20-39(10,57-25(6)45)30(53-23(4)43)28(40)31-41(33,17-16-27(46)55-31)58-35(48)26-14-12-11-13-15-26/h11-15,18-19,21,28-33,50-51H,16-17,20H2,1-10H3/b19-18+/t28-,29+,30-,31-,32-,33-,38-,39-,40-,41+/m1/s1. The summed E-state index contributed by atoms with van der Waals surface area (Å²) >= 11 is 0. The fraction of sp³-hybridized carbons (Fsp3) is 0.610. The van der Waals surface area contributed by atoms with Gasteiger partial charge in [0, 0.05) is 52.4 Å². The molecule has 2 aliphatic carbocycles. The van der Waals surface area contributed by atoms with Crippen LogP contribution in [-0.2, 0) is 66.7 Å². The van der Waals surface area contributed by atoms with Crippen molar-refractivity contribution in [2.24, 2.45) is 17.3 Å². The second-order valence-corrected chi connectivity index (χ2v) is 16.4. The van der Waals surface area contributed by atoms with E-state index in [1.54, 1.807) is 6.07 Å². The molecule has 0 spiro atoms. The number of carbonyl (C=O) groups excluding carboxylic acids is 8. The second kappa shape index (κ2) is 16.6. The monoisotopic (exact) mass is 816 g/mol. The molecular formula is C41H52O17. The van der Waals surface area contributed by atoms with Gasteiger partial charge in [-0.05, 0) is 32.1 Å². The molecule has 17 nitrogen and oxygen atoms in total. The molecule has 0 amide bonds. The lowest BCUT2D eigenvalue weighted by Gasteiger charge is -2.53. The van der Waals surface area contributed by atoms with E-state index >= 15 is 0 Å². The normalized spacial score (nSPS) is 35.0. The van der Waals surface area contributed by atoms with Crippen molar-refractivity contribution < 1.29 is 81.7 Å². The fourth-order valence-corrected chi connectivity index (χ4v) is 8.21. The van der Waals surface area contributed by atoms with Crippen molar-refractivity contribution >= 4 is 47.6 Å². The number of carbonyl (C=O) groups is 8. The van der Waals surface area contributed by atoms with Gasteiger partial charge in [0.25, 0.3) is 0 Å². The highest BCUT2D eigenvalue weighted by molar-refractivity contribution is 5.97. The molecule has 318 valence electrons. The molecule has 10 atom stereocenters. The van der Waals surface area contributed by atoms with Crippen LogP contribution < -0.4 is 0 Å². The maximum Gasteiger partial charge on any atom is 0.338 e. The first-order valence-electron chi connectivity index (χ1n) is 18.8. The number of ketones is 1. The Morgan fingerprint density at radius 3 is 1.84 bits per heavy atom. The van der Waals surface area contributed by atoms with Crippen molar-refractivity contribution in [3.8, 4) is 0 Å². The number of Topliss-reactive ketones (excluding diaryl/α,β-unsaturated/α-hetero) is 1. The van der Waals surface area contributed by atoms with E-state index < -0.39 is 137 Å². The van der Waals surface area contributed by atoms with Crippen molar-refractivity contribution in [2.45, 2.75) is 141 Å². The van der Waals surface area contributed by atoms with E-state index in [1.807, 2.05) is 0 Å². The molecule has 58 heavy (non-hydrogen) atoms. The molecule has 1 saturated carbocycles. The van der Waals surface area contributed by atoms with Gasteiger partial charge in [-0.25, -0.2) is 4.79 Å². The van der Waals surface area contributed by atoms with Crippen molar-refractivity contribution in [3.63, 3.8) is 0 Å². The van der Waals surface area contributed by atoms with Gasteiger partial charge in [0.05, 0.1) is 17.4 Å². The molecular weight excluding hydrogens is 764 g/mol. The Morgan fingerprint density at radius 1 is 0.741 bits per heavy atom. The molecule has 1 saturated heterocycles. The Labute approximate surface area is 335 Å². The zero-order valence-electron chi connectivity index (χ0n) is 34.2. The van der Waals surface area contributed by atoms with Gasteiger partial charge in [0.1, 0.15) is 16.8 Å². The molecule has 1 aliphatic heterocycles. The smallest absolute Gasteiger partial charge is 0.338 e. The Hall–Kier alpha value is -5.16. The van der Waals surface area contributed by atoms with Gasteiger partial charge in [0.2, 0.25) is 0 Å². The van der Waals surface area contributed by atoms with E-state index in [9.17, 15) is 48.6 Å². The van der Waals surface area contributed by atoms with Crippen LogP contribution in [0.2, 0.25) is 0 Å². The summed E-state index contributed by atoms with van der Waals surface area (Å²) < 4.78 is 41.8. The highest BCUT2D eigenvalue weighted by atomic mass is 16.7. The number of ether oxygens (including phenoxy) is 7. The maximum absolute atomic E-state index is 14.9. The Kier molecular flexibility index (Phi) is 13.0. The highest BCUT2D eigenvalue weighted by Gasteiger charge is 2.76. The average Bonchev–Trinajstić information content (AvgIpc) is 3.32. The topological polar surface area (TPSA) is 242 Å². The minimum atomic E-state index is -2.99. The highest BCUT2D eigenvalue weighted by Crippen LogP contribution is 2.56. The number of aliphatic hydroxyl groups is 2. The van der Waals surface area contributed by atoms with Gasteiger partial charge in [-0.15, -0.1) is 0 Å². The molecule has 0 bridgehead atoms. The van der Waals surface area contributed by atoms with Gasteiger partial charge < -0.3 is 43.4 Å². The number of hydrogen-bond donors (Lipinski definition) is 2. The van der Waals surface area contributed by atoms with E-state index in [2.05, 4.69) is 0 Å². The largest absolute Gasteiger partial charge is 0.458 e. The lowest BCUT2D eigenvalue weighted by molar-refractivity contribution is -0.265. The van der Waals surface area contributed by atoms with Crippen LogP contribution in [0.3, 0.4) is 0 Å². The first kappa shape index (κ1) is 45.5. The summed E-state index contributed by atoms with van der Waals surface area (Å²) in [4.78, 5) is 109. The van der Waals surface area contributed by atoms with Crippen LogP contribution in [0.15, 0.2) is 42.5 Å². The first-order chi connectivity index (χ1) is 26.7. The molecule has 1 aromatic carbocycles. The Bertz CT molecular complexity index is 1850. The third-order valence-corrected chi connectivity index (χ3v) is 10.7. The first-order valence-corrected chi connectivity index (χ1v) is 18.8. The predicted molar refractivity (Wildman–Crippen MR) is 197 cm³/mol. The number of benzene rings is 1. The molecule has 4 rings (SSSR count). The summed E-state index contributed by atoms with van der Waals surface area (Å²) in [5.41, 5.74) is -12.1. The lowest BCUT2D eigenvalue weighted by atomic mass is 9.66. The zero-order valence-corrected chi connectivity index (χ0v) is 34.2. The van der Waals surface area contributed by atoms with Crippen LogP contribution in [0.4, 0.5) is 0 Å². The second-order valence-electron chi connectivity index (χ2n) is 16.4. The van der Waals surface area contributed by atoms with E-state index in [0.717, 1.165) is 40.7 Å². The van der Waals surface area contributed by atoms with E-state index in [-0.39, 0.29) is 5.56 Å². The molecule has 2 N–H and O–H groups in total. The molecule has 2 fully saturated rings. The predicted octanol–water partition coefficient (Wildman–Crippen LogP) is 2.64. The Morgan fingerprint density at radius 2 is 1.31 bits per heavy atom. The van der Waals surface area contributed by atoms with Crippen LogP contribution in [0, 0.1) is 17.3 Å². The number of esters is 7. The lowest BCUT2D eigenvalue weighted by Crippen LogP contribution is -2.72. The van der Waals surface area contributed by atoms with E-state index in [4.69, 9.17) is 33.2 Å².